The highest BCUT2D eigenvalue weighted by atomic mass is 32.2. The lowest BCUT2D eigenvalue weighted by atomic mass is 10.0. The van der Waals surface area contributed by atoms with E-state index in [1.165, 1.54) is 5.70 Å². The van der Waals surface area contributed by atoms with Crippen LogP contribution in [0.25, 0.3) is 56.7 Å². The lowest BCUT2D eigenvalue weighted by molar-refractivity contribution is 0.685. The smallest absolute Gasteiger partial charge is 0.241 e. The van der Waals surface area contributed by atoms with E-state index in [0.717, 1.165) is 67.4 Å². The third-order valence-corrected chi connectivity index (χ3v) is 12.7. The number of fused-ring (bicyclic) bond motifs is 3. The molecule has 0 radical (unpaired) electrons. The van der Waals surface area contributed by atoms with E-state index in [9.17, 15) is 4.21 Å². The van der Waals surface area contributed by atoms with Crippen LogP contribution in [0.5, 0.6) is 0 Å². The van der Waals surface area contributed by atoms with Crippen molar-refractivity contribution in [2.45, 2.75) is 22.6 Å². The molecule has 9 nitrogen and oxygen atoms in total. The average Bonchev–Trinajstić information content (AvgIpc) is 3.65. The first-order valence-electron chi connectivity index (χ1n) is 21.1. The normalized spacial score (nSPS) is 13.8. The second kappa shape index (κ2) is 16.9. The van der Waals surface area contributed by atoms with Gasteiger partial charge in [-0.15, -0.1) is 0 Å². The van der Waals surface area contributed by atoms with Crippen molar-refractivity contribution in [1.29, 1.82) is 0 Å². The van der Waals surface area contributed by atoms with Crippen molar-refractivity contribution in [2.75, 3.05) is 9.80 Å². The topological polar surface area (TPSA) is 101 Å². The molecule has 0 N–H and O–H groups in total. The van der Waals surface area contributed by atoms with Crippen LogP contribution in [-0.4, -0.2) is 34.1 Å². The molecule has 0 spiro atoms. The predicted molar refractivity (Wildman–Crippen MR) is 255 cm³/mol. The SMILES string of the molecule is O=S1c2ccc(N(C3=CC=CCC3)c3ccccc3)cc2-c2cc(N(c3nc(-c4ccccc4)nc(-c4ccccc4)n3)c3nc(-c4ccccc4)nc(-c4ccccc4)n3)ccc21. The molecule has 1 aliphatic carbocycles. The number of anilines is 5. The van der Waals surface area contributed by atoms with Gasteiger partial charge in [0.05, 0.1) is 26.3 Å². The third-order valence-electron chi connectivity index (χ3n) is 11.2. The van der Waals surface area contributed by atoms with Gasteiger partial charge in [0.2, 0.25) is 11.9 Å². The largest absolute Gasteiger partial charge is 0.314 e. The van der Waals surface area contributed by atoms with E-state index in [2.05, 4.69) is 65.6 Å². The Morgan fingerprint density at radius 2 is 0.797 bits per heavy atom. The summed E-state index contributed by atoms with van der Waals surface area (Å²) in [6, 6.07) is 62.1. The summed E-state index contributed by atoms with van der Waals surface area (Å²) >= 11 is 0. The first-order valence-corrected chi connectivity index (χ1v) is 22.2. The van der Waals surface area contributed by atoms with Gasteiger partial charge in [0, 0.05) is 50.5 Å². The van der Waals surface area contributed by atoms with Crippen LogP contribution in [-0.2, 0) is 10.8 Å². The fourth-order valence-corrected chi connectivity index (χ4v) is 9.48. The number of hydrogen-bond acceptors (Lipinski definition) is 9. The van der Waals surface area contributed by atoms with Gasteiger partial charge in [-0.3, -0.25) is 0 Å². The van der Waals surface area contributed by atoms with E-state index in [-0.39, 0.29) is 0 Å². The molecular formula is C54H38N8OS. The summed E-state index contributed by atoms with van der Waals surface area (Å²) < 4.78 is 14.4. The van der Waals surface area contributed by atoms with Crippen LogP contribution in [0.4, 0.5) is 29.0 Å². The molecule has 306 valence electrons. The Morgan fingerprint density at radius 3 is 1.19 bits per heavy atom. The Morgan fingerprint density at radius 1 is 0.406 bits per heavy atom. The zero-order chi connectivity index (χ0) is 42.8. The maximum absolute atomic E-state index is 14.4. The Kier molecular flexibility index (Phi) is 10.2. The molecule has 0 saturated carbocycles. The second-order valence-corrected chi connectivity index (χ2v) is 16.7. The first kappa shape index (κ1) is 38.7. The van der Waals surface area contributed by atoms with Crippen molar-refractivity contribution in [3.63, 3.8) is 0 Å². The molecule has 9 aromatic rings. The Bertz CT molecular complexity index is 3000. The quantitative estimate of drug-likeness (QED) is 0.133. The molecule has 1 atom stereocenters. The van der Waals surface area contributed by atoms with Crippen LogP contribution in [0.3, 0.4) is 0 Å². The summed E-state index contributed by atoms with van der Waals surface area (Å²) in [7, 11) is -1.41. The molecule has 11 rings (SSSR count). The van der Waals surface area contributed by atoms with Gasteiger partial charge >= 0.3 is 0 Å². The highest BCUT2D eigenvalue weighted by Crippen LogP contribution is 2.47. The number of para-hydroxylation sites is 1. The molecule has 64 heavy (non-hydrogen) atoms. The van der Waals surface area contributed by atoms with E-state index >= 15 is 0 Å². The number of aromatic nitrogens is 6. The maximum atomic E-state index is 14.4. The molecular weight excluding hydrogens is 809 g/mol. The molecule has 3 heterocycles. The van der Waals surface area contributed by atoms with Gasteiger partial charge in [0.25, 0.3) is 0 Å². The molecule has 0 saturated heterocycles. The molecule has 1 unspecified atom stereocenters. The summed E-state index contributed by atoms with van der Waals surface area (Å²) in [4.78, 5) is 36.4. The average molecular weight is 847 g/mol. The molecule has 2 aromatic heterocycles. The second-order valence-electron chi connectivity index (χ2n) is 15.3. The van der Waals surface area contributed by atoms with E-state index in [1.54, 1.807) is 0 Å². The molecule has 2 aliphatic rings. The van der Waals surface area contributed by atoms with Crippen molar-refractivity contribution < 1.29 is 4.21 Å². The van der Waals surface area contributed by atoms with E-state index in [1.807, 2.05) is 150 Å². The lowest BCUT2D eigenvalue weighted by Gasteiger charge is -2.29. The highest BCUT2D eigenvalue weighted by Gasteiger charge is 2.31. The summed E-state index contributed by atoms with van der Waals surface area (Å²) in [6.07, 6.45) is 8.34. The van der Waals surface area contributed by atoms with Crippen LogP contribution in [0, 0.1) is 0 Å². The lowest BCUT2D eigenvalue weighted by Crippen LogP contribution is -2.19. The van der Waals surface area contributed by atoms with Gasteiger partial charge in [-0.2, -0.15) is 19.9 Å². The molecule has 0 bridgehead atoms. The van der Waals surface area contributed by atoms with Crippen molar-refractivity contribution >= 4 is 39.8 Å². The fraction of sp³-hybridized carbons (Fsp3) is 0.0370. The molecule has 0 fully saturated rings. The monoisotopic (exact) mass is 846 g/mol. The molecule has 0 amide bonds. The van der Waals surface area contributed by atoms with Gasteiger partial charge < -0.3 is 4.90 Å². The Hall–Kier alpha value is -8.21. The van der Waals surface area contributed by atoms with Crippen molar-refractivity contribution in [3.05, 3.63) is 212 Å². The molecule has 10 heteroatoms. The summed E-state index contributed by atoms with van der Waals surface area (Å²) in [5, 5.41) is 0. The standard InChI is InChI=1S/C54H38N8OS/c63-64-47-33-31-43(61(41-27-15-5-16-28-41)42-29-17-6-18-30-42)35-45(47)46-36-44(32-34-48(46)64)62(53-57-49(37-19-7-1-8-20-37)55-50(58-53)38-21-9-2-10-22-38)54-59-51(39-23-11-3-12-24-39)56-52(60-54)40-25-13-4-14-26-40/h1-17,19-29,31-36H,18,30H2. The first-order chi connectivity index (χ1) is 31.6. The predicted octanol–water partition coefficient (Wildman–Crippen LogP) is 12.7. The van der Waals surface area contributed by atoms with Gasteiger partial charge in [-0.05, 0) is 67.4 Å². The highest BCUT2D eigenvalue weighted by molar-refractivity contribution is 7.85. The number of rotatable bonds is 10. The van der Waals surface area contributed by atoms with Gasteiger partial charge in [0.1, 0.15) is 0 Å². The fourth-order valence-electron chi connectivity index (χ4n) is 8.13. The third kappa shape index (κ3) is 7.46. The van der Waals surface area contributed by atoms with E-state index in [0.29, 0.717) is 40.9 Å². The summed E-state index contributed by atoms with van der Waals surface area (Å²) in [6.45, 7) is 0. The molecule has 7 aromatic carbocycles. The van der Waals surface area contributed by atoms with Crippen molar-refractivity contribution in [1.82, 2.24) is 29.9 Å². The van der Waals surface area contributed by atoms with Gasteiger partial charge in [-0.1, -0.05) is 152 Å². The van der Waals surface area contributed by atoms with Crippen LogP contribution >= 0.6 is 0 Å². The minimum absolute atomic E-state index is 0.303. The molecule has 1 aliphatic heterocycles. The van der Waals surface area contributed by atoms with Crippen LogP contribution in [0.15, 0.2) is 222 Å². The van der Waals surface area contributed by atoms with Crippen LogP contribution in [0.1, 0.15) is 12.8 Å². The van der Waals surface area contributed by atoms with Gasteiger partial charge in [-0.25, -0.2) is 19.1 Å². The van der Waals surface area contributed by atoms with Crippen LogP contribution < -0.4 is 9.80 Å². The number of allylic oxidation sites excluding steroid dienone is 4. The van der Waals surface area contributed by atoms with E-state index in [4.69, 9.17) is 29.9 Å². The van der Waals surface area contributed by atoms with Gasteiger partial charge in [0.15, 0.2) is 23.3 Å². The number of hydrogen-bond donors (Lipinski definition) is 0. The minimum Gasteiger partial charge on any atom is -0.314 e. The zero-order valence-corrected chi connectivity index (χ0v) is 35.3. The number of benzene rings is 7. The Balaban J connectivity index is 1.14. The minimum atomic E-state index is -1.41. The maximum Gasteiger partial charge on any atom is 0.241 e. The number of nitrogens with zero attached hydrogens (tertiary/aromatic N) is 8. The van der Waals surface area contributed by atoms with E-state index < -0.39 is 10.8 Å². The van der Waals surface area contributed by atoms with Crippen molar-refractivity contribution in [2.24, 2.45) is 0 Å². The Labute approximate surface area is 373 Å². The zero-order valence-electron chi connectivity index (χ0n) is 34.4. The summed E-state index contributed by atoms with van der Waals surface area (Å²) in [5.74, 6) is 2.55. The van der Waals surface area contributed by atoms with Crippen molar-refractivity contribution in [3.8, 4) is 56.7 Å². The van der Waals surface area contributed by atoms with Crippen LogP contribution in [0.2, 0.25) is 0 Å². The summed E-state index contributed by atoms with van der Waals surface area (Å²) in [5.41, 5.74) is 8.91.